The molecule has 0 aliphatic rings. The Morgan fingerprint density at radius 2 is 2.05 bits per heavy atom. The minimum Gasteiger partial charge on any atom is -0.382 e. The average Bonchev–Trinajstić information content (AvgIpc) is 2.44. The van der Waals surface area contributed by atoms with Gasteiger partial charge in [-0.05, 0) is 31.0 Å². The fraction of sp³-hybridized carbons (Fsp3) is 0.400. The summed E-state index contributed by atoms with van der Waals surface area (Å²) in [6, 6.07) is 9.57. The summed E-state index contributed by atoms with van der Waals surface area (Å²) in [6.07, 6.45) is 2.11. The van der Waals surface area contributed by atoms with Crippen molar-refractivity contribution >= 4 is 20.7 Å². The van der Waals surface area contributed by atoms with Crippen LogP contribution < -0.4 is 0 Å². The van der Waals surface area contributed by atoms with Gasteiger partial charge in [-0.1, -0.05) is 18.2 Å². The molecule has 20 heavy (non-hydrogen) atoms. The second-order valence-electron chi connectivity index (χ2n) is 4.96. The minimum atomic E-state index is -3.13. The molecular formula is C15H19NO3S. The lowest BCUT2D eigenvalue weighted by atomic mass is 10.2. The van der Waals surface area contributed by atoms with Crippen molar-refractivity contribution in [3.05, 3.63) is 42.1 Å². The van der Waals surface area contributed by atoms with Crippen molar-refractivity contribution in [3.8, 4) is 0 Å². The van der Waals surface area contributed by atoms with E-state index < -0.39 is 9.84 Å². The van der Waals surface area contributed by atoms with Gasteiger partial charge in [-0.3, -0.25) is 4.98 Å². The van der Waals surface area contributed by atoms with E-state index in [0.29, 0.717) is 6.42 Å². The van der Waals surface area contributed by atoms with Crippen molar-refractivity contribution in [3.63, 3.8) is 0 Å². The molecule has 0 saturated carbocycles. The molecule has 0 bridgehead atoms. The first-order valence-corrected chi connectivity index (χ1v) is 8.39. The second-order valence-corrected chi connectivity index (χ2v) is 7.15. The lowest BCUT2D eigenvalue weighted by Crippen LogP contribution is -2.15. The molecule has 1 heterocycles. The number of hydrogen-bond acceptors (Lipinski definition) is 4. The van der Waals surface area contributed by atoms with E-state index in [1.54, 1.807) is 13.3 Å². The first-order chi connectivity index (χ1) is 9.50. The van der Waals surface area contributed by atoms with Gasteiger partial charge in [0.15, 0.2) is 9.84 Å². The molecule has 0 saturated heterocycles. The number of aromatic nitrogens is 1. The molecule has 4 nitrogen and oxygen atoms in total. The Labute approximate surface area is 119 Å². The van der Waals surface area contributed by atoms with Crippen molar-refractivity contribution in [2.75, 3.05) is 12.9 Å². The molecule has 0 fully saturated rings. The largest absolute Gasteiger partial charge is 0.382 e. The minimum absolute atomic E-state index is 0.0290. The Bertz CT molecular complexity index is 682. The van der Waals surface area contributed by atoms with Gasteiger partial charge in [-0.2, -0.15) is 0 Å². The average molecular weight is 293 g/mol. The lowest BCUT2D eigenvalue weighted by molar-refractivity contribution is 0.116. The summed E-state index contributed by atoms with van der Waals surface area (Å²) in [5.41, 5.74) is 1.61. The van der Waals surface area contributed by atoms with Gasteiger partial charge in [0.2, 0.25) is 0 Å². The third-order valence-corrected chi connectivity index (χ3v) is 4.90. The molecule has 2 aromatic rings. The van der Waals surface area contributed by atoms with E-state index >= 15 is 0 Å². The van der Waals surface area contributed by atoms with Crippen LogP contribution in [0.2, 0.25) is 0 Å². The van der Waals surface area contributed by atoms with E-state index in [-0.39, 0.29) is 17.6 Å². The Kier molecular flexibility index (Phi) is 4.73. The van der Waals surface area contributed by atoms with Crippen LogP contribution in [-0.2, 0) is 20.3 Å². The quantitative estimate of drug-likeness (QED) is 0.821. The highest BCUT2D eigenvalue weighted by molar-refractivity contribution is 7.90. The summed E-state index contributed by atoms with van der Waals surface area (Å²) in [5, 5.41) is 0.963. The monoisotopic (exact) mass is 293 g/mol. The molecule has 1 atom stereocenters. The number of hydrogen-bond donors (Lipinski definition) is 0. The summed E-state index contributed by atoms with van der Waals surface area (Å²) < 4.78 is 29.2. The smallest absolute Gasteiger partial charge is 0.154 e. The predicted molar refractivity (Wildman–Crippen MR) is 80.3 cm³/mol. The van der Waals surface area contributed by atoms with Gasteiger partial charge in [0, 0.05) is 18.7 Å². The molecular weight excluding hydrogens is 274 g/mol. The van der Waals surface area contributed by atoms with Crippen molar-refractivity contribution in [1.82, 2.24) is 4.98 Å². The molecule has 1 aromatic heterocycles. The van der Waals surface area contributed by atoms with Crippen LogP contribution in [0.4, 0.5) is 0 Å². The van der Waals surface area contributed by atoms with E-state index in [2.05, 4.69) is 4.98 Å². The van der Waals surface area contributed by atoms with E-state index in [9.17, 15) is 8.42 Å². The fourth-order valence-corrected chi connectivity index (χ4v) is 3.49. The second kappa shape index (κ2) is 6.33. The van der Waals surface area contributed by atoms with Crippen LogP contribution in [0.15, 0.2) is 36.5 Å². The summed E-state index contributed by atoms with van der Waals surface area (Å²) >= 11 is 0. The normalized spacial score (nSPS) is 13.5. The topological polar surface area (TPSA) is 56.3 Å². The molecule has 5 heteroatoms. The number of para-hydroxylation sites is 1. The summed E-state index contributed by atoms with van der Waals surface area (Å²) in [4.78, 5) is 4.29. The van der Waals surface area contributed by atoms with E-state index in [1.807, 2.05) is 37.3 Å². The highest BCUT2D eigenvalue weighted by Crippen LogP contribution is 2.15. The Morgan fingerprint density at radius 1 is 1.30 bits per heavy atom. The lowest BCUT2D eigenvalue weighted by Gasteiger charge is -2.10. The van der Waals surface area contributed by atoms with Crippen LogP contribution in [0.3, 0.4) is 0 Å². The highest BCUT2D eigenvalue weighted by atomic mass is 32.2. The van der Waals surface area contributed by atoms with Crippen LogP contribution in [0.1, 0.15) is 18.9 Å². The predicted octanol–water partition coefficient (Wildman–Crippen LogP) is 2.57. The zero-order chi connectivity index (χ0) is 14.6. The molecule has 2 rings (SSSR count). The third kappa shape index (κ3) is 4.02. The molecule has 0 aliphatic carbocycles. The maximum absolute atomic E-state index is 12.1. The van der Waals surface area contributed by atoms with Crippen LogP contribution in [0, 0.1) is 0 Å². The third-order valence-electron chi connectivity index (χ3n) is 3.27. The molecule has 1 aromatic carbocycles. The van der Waals surface area contributed by atoms with Gasteiger partial charge < -0.3 is 4.74 Å². The zero-order valence-electron chi connectivity index (χ0n) is 11.7. The highest BCUT2D eigenvalue weighted by Gasteiger charge is 2.14. The van der Waals surface area contributed by atoms with E-state index in [1.165, 1.54) is 0 Å². The SMILES string of the molecule is CO[C@H](C)CCS(=O)(=O)Cc1cnc2ccccc2c1. The number of rotatable bonds is 6. The van der Waals surface area contributed by atoms with Crippen molar-refractivity contribution in [2.24, 2.45) is 0 Å². The number of benzene rings is 1. The number of sulfone groups is 1. The number of nitrogens with zero attached hydrogens (tertiary/aromatic N) is 1. The number of methoxy groups -OCH3 is 1. The van der Waals surface area contributed by atoms with Gasteiger partial charge in [0.1, 0.15) is 0 Å². The Morgan fingerprint density at radius 3 is 2.80 bits per heavy atom. The summed E-state index contributed by atoms with van der Waals surface area (Å²) in [5.74, 6) is 0.163. The van der Waals surface area contributed by atoms with Crippen LogP contribution in [0.25, 0.3) is 10.9 Å². The van der Waals surface area contributed by atoms with Crippen LogP contribution in [0.5, 0.6) is 0 Å². The molecule has 108 valence electrons. The van der Waals surface area contributed by atoms with Crippen LogP contribution in [-0.4, -0.2) is 32.4 Å². The van der Waals surface area contributed by atoms with Crippen molar-refractivity contribution in [2.45, 2.75) is 25.2 Å². The molecule has 0 aliphatic heterocycles. The Hall–Kier alpha value is -1.46. The van der Waals surface area contributed by atoms with Gasteiger partial charge in [0.25, 0.3) is 0 Å². The number of fused-ring (bicyclic) bond motifs is 1. The molecule has 0 N–H and O–H groups in total. The number of pyridine rings is 1. The maximum atomic E-state index is 12.1. The maximum Gasteiger partial charge on any atom is 0.154 e. The summed E-state index contributed by atoms with van der Waals surface area (Å²) in [7, 11) is -1.54. The molecule has 0 radical (unpaired) electrons. The standard InChI is InChI=1S/C15H19NO3S/c1-12(19-2)7-8-20(17,18)11-13-9-14-5-3-4-6-15(14)16-10-13/h3-6,9-10,12H,7-8,11H2,1-2H3/t12-/m1/s1. The van der Waals surface area contributed by atoms with Gasteiger partial charge in [0.05, 0.1) is 23.1 Å². The molecule has 0 amide bonds. The van der Waals surface area contributed by atoms with Crippen molar-refractivity contribution in [1.29, 1.82) is 0 Å². The summed E-state index contributed by atoms with van der Waals surface area (Å²) in [6.45, 7) is 1.87. The Balaban J connectivity index is 2.10. The molecule has 0 spiro atoms. The zero-order valence-corrected chi connectivity index (χ0v) is 12.6. The fourth-order valence-electron chi connectivity index (χ4n) is 1.99. The molecule has 0 unspecified atom stereocenters. The van der Waals surface area contributed by atoms with Crippen LogP contribution >= 0.6 is 0 Å². The number of ether oxygens (including phenoxy) is 1. The van der Waals surface area contributed by atoms with E-state index in [4.69, 9.17) is 4.74 Å². The van der Waals surface area contributed by atoms with Gasteiger partial charge in [-0.25, -0.2) is 8.42 Å². The van der Waals surface area contributed by atoms with E-state index in [0.717, 1.165) is 16.5 Å². The van der Waals surface area contributed by atoms with Crippen molar-refractivity contribution < 1.29 is 13.2 Å². The first-order valence-electron chi connectivity index (χ1n) is 6.57. The van der Waals surface area contributed by atoms with Gasteiger partial charge in [-0.15, -0.1) is 0 Å². The first kappa shape index (κ1) is 14.9. The van der Waals surface area contributed by atoms with Gasteiger partial charge >= 0.3 is 0 Å².